The van der Waals surface area contributed by atoms with E-state index in [1.54, 1.807) is 0 Å². The summed E-state index contributed by atoms with van der Waals surface area (Å²) < 4.78 is 0. The maximum Gasteiger partial charge on any atom is 0.312 e. The lowest BCUT2D eigenvalue weighted by molar-refractivity contribution is 0.233. The number of carbonyl (C=O) groups excluding carboxylic acids is 1. The van der Waals surface area contributed by atoms with Gasteiger partial charge in [-0.05, 0) is 33.6 Å². The van der Waals surface area contributed by atoms with Crippen LogP contribution in [0.5, 0.6) is 0 Å². The molecule has 2 unspecified atom stereocenters. The van der Waals surface area contributed by atoms with Gasteiger partial charge < -0.3 is 16.4 Å². The van der Waals surface area contributed by atoms with Gasteiger partial charge in [0, 0.05) is 11.1 Å². The molecule has 4 heteroatoms. The number of primary amides is 1. The van der Waals surface area contributed by atoms with Crippen LogP contribution in [0.1, 0.15) is 34.6 Å². The van der Waals surface area contributed by atoms with Crippen molar-refractivity contribution < 1.29 is 4.79 Å². The summed E-state index contributed by atoms with van der Waals surface area (Å²) in [7, 11) is 0. The van der Waals surface area contributed by atoms with Crippen LogP contribution >= 0.6 is 0 Å². The second kappa shape index (κ2) is 3.12. The van der Waals surface area contributed by atoms with Crippen molar-refractivity contribution in [3.63, 3.8) is 0 Å². The van der Waals surface area contributed by atoms with Crippen molar-refractivity contribution in [2.45, 2.75) is 51.7 Å². The molecule has 0 aromatic carbocycles. The van der Waals surface area contributed by atoms with Gasteiger partial charge in [0.2, 0.25) is 0 Å². The van der Waals surface area contributed by atoms with E-state index in [2.05, 4.69) is 45.3 Å². The Morgan fingerprint density at radius 3 is 2.07 bits per heavy atom. The number of carbonyl (C=O) groups is 1. The Hall–Kier alpha value is -0.770. The quantitative estimate of drug-likeness (QED) is 0.585. The van der Waals surface area contributed by atoms with Gasteiger partial charge in [0.15, 0.2) is 0 Å². The van der Waals surface area contributed by atoms with Gasteiger partial charge in [0.25, 0.3) is 0 Å². The third-order valence-corrected chi connectivity index (χ3v) is 3.36. The summed E-state index contributed by atoms with van der Waals surface area (Å²) in [5.74, 6) is 0.352. The Morgan fingerprint density at radius 1 is 1.29 bits per heavy atom. The third-order valence-electron chi connectivity index (χ3n) is 3.36. The van der Waals surface area contributed by atoms with E-state index in [9.17, 15) is 4.79 Å². The molecule has 0 bridgehead atoms. The highest BCUT2D eigenvalue weighted by Crippen LogP contribution is 2.35. The lowest BCUT2D eigenvalue weighted by Crippen LogP contribution is -2.53. The molecule has 0 aromatic rings. The normalized spacial score (nSPS) is 34.1. The zero-order valence-electron chi connectivity index (χ0n) is 9.64. The maximum absolute atomic E-state index is 10.9. The first-order valence-electron chi connectivity index (χ1n) is 5.02. The van der Waals surface area contributed by atoms with E-state index in [1.165, 1.54) is 0 Å². The van der Waals surface area contributed by atoms with E-state index in [0.29, 0.717) is 5.92 Å². The second-order valence-electron chi connectivity index (χ2n) is 5.34. The Bertz CT molecular complexity index is 248. The molecular weight excluding hydrogens is 178 g/mol. The van der Waals surface area contributed by atoms with Crippen LogP contribution in [0.15, 0.2) is 0 Å². The zero-order chi connectivity index (χ0) is 11.1. The molecule has 0 spiro atoms. The molecule has 0 saturated carbocycles. The molecule has 0 aliphatic carbocycles. The molecule has 2 amide bonds. The molecule has 4 nitrogen and oxygen atoms in total. The summed E-state index contributed by atoms with van der Waals surface area (Å²) in [6.45, 7) is 10.6. The molecule has 82 valence electrons. The summed E-state index contributed by atoms with van der Waals surface area (Å²) in [5, 5.41) is 6.32. The highest BCUT2D eigenvalue weighted by molar-refractivity contribution is 5.72. The lowest BCUT2D eigenvalue weighted by Gasteiger charge is -2.29. The molecule has 1 aliphatic heterocycles. The number of urea groups is 1. The Labute approximate surface area is 85.6 Å². The van der Waals surface area contributed by atoms with Crippen LogP contribution < -0.4 is 16.4 Å². The predicted octanol–water partition coefficient (Wildman–Crippen LogP) is 0.820. The molecule has 2 atom stereocenters. The minimum Gasteiger partial charge on any atom is -0.352 e. The fourth-order valence-electron chi connectivity index (χ4n) is 2.52. The fourth-order valence-corrected chi connectivity index (χ4v) is 2.52. The zero-order valence-corrected chi connectivity index (χ0v) is 9.64. The van der Waals surface area contributed by atoms with Crippen LogP contribution in [0.2, 0.25) is 0 Å². The summed E-state index contributed by atoms with van der Waals surface area (Å²) >= 11 is 0. The van der Waals surface area contributed by atoms with Crippen molar-refractivity contribution in [3.05, 3.63) is 0 Å². The molecule has 0 radical (unpaired) electrons. The molecule has 1 saturated heterocycles. The van der Waals surface area contributed by atoms with Gasteiger partial charge in [0.05, 0.1) is 6.04 Å². The van der Waals surface area contributed by atoms with E-state index in [0.717, 1.165) is 0 Å². The van der Waals surface area contributed by atoms with Crippen LogP contribution in [0, 0.1) is 5.92 Å². The molecule has 4 N–H and O–H groups in total. The van der Waals surface area contributed by atoms with Gasteiger partial charge in [0.1, 0.15) is 0 Å². The third kappa shape index (κ3) is 1.85. The Balaban J connectivity index is 2.87. The smallest absolute Gasteiger partial charge is 0.312 e. The number of amides is 2. The monoisotopic (exact) mass is 199 g/mol. The van der Waals surface area contributed by atoms with Crippen LogP contribution in [-0.2, 0) is 0 Å². The average molecular weight is 199 g/mol. The first kappa shape index (κ1) is 11.3. The molecular formula is C10H21N3O. The van der Waals surface area contributed by atoms with Crippen molar-refractivity contribution in [2.75, 3.05) is 0 Å². The first-order valence-corrected chi connectivity index (χ1v) is 5.02. The molecule has 1 heterocycles. The summed E-state index contributed by atoms with van der Waals surface area (Å²) in [4.78, 5) is 10.9. The fraction of sp³-hybridized carbons (Fsp3) is 0.900. The average Bonchev–Trinajstić information content (AvgIpc) is 2.08. The summed E-state index contributed by atoms with van der Waals surface area (Å²) in [6.07, 6.45) is 0. The summed E-state index contributed by atoms with van der Waals surface area (Å²) in [6, 6.07) is -0.371. The number of nitrogens with one attached hydrogen (secondary N) is 2. The largest absolute Gasteiger partial charge is 0.352 e. The van der Waals surface area contributed by atoms with Crippen LogP contribution in [-0.4, -0.2) is 23.2 Å². The van der Waals surface area contributed by atoms with Crippen LogP contribution in [0.4, 0.5) is 4.79 Å². The predicted molar refractivity (Wildman–Crippen MR) is 57.0 cm³/mol. The van der Waals surface area contributed by atoms with E-state index < -0.39 is 6.03 Å². The molecule has 1 aliphatic rings. The highest BCUT2D eigenvalue weighted by Gasteiger charge is 2.50. The van der Waals surface area contributed by atoms with Crippen molar-refractivity contribution in [3.8, 4) is 0 Å². The number of rotatable bonds is 1. The van der Waals surface area contributed by atoms with Gasteiger partial charge in [-0.3, -0.25) is 0 Å². The maximum atomic E-state index is 10.9. The topological polar surface area (TPSA) is 67.1 Å². The molecule has 1 fully saturated rings. The van der Waals surface area contributed by atoms with Crippen LogP contribution in [0.25, 0.3) is 0 Å². The first-order chi connectivity index (χ1) is 6.17. The van der Waals surface area contributed by atoms with Gasteiger partial charge >= 0.3 is 6.03 Å². The number of nitrogens with two attached hydrogens (primary N) is 1. The summed E-state index contributed by atoms with van der Waals surface area (Å²) in [5.41, 5.74) is 5.08. The van der Waals surface area contributed by atoms with E-state index in [-0.39, 0.29) is 17.1 Å². The van der Waals surface area contributed by atoms with E-state index in [4.69, 9.17) is 5.73 Å². The van der Waals surface area contributed by atoms with Crippen molar-refractivity contribution in [1.82, 2.24) is 10.6 Å². The highest BCUT2D eigenvalue weighted by atomic mass is 16.2. The number of hydrogen-bond acceptors (Lipinski definition) is 2. The second-order valence-corrected chi connectivity index (χ2v) is 5.34. The standard InChI is InChI=1S/C10H21N3O/c1-6-7(12-8(11)14)10(4,5)13-9(6,2)3/h6-7,13H,1-5H3,(H3,11,12,14). The minimum atomic E-state index is -0.450. The van der Waals surface area contributed by atoms with Crippen molar-refractivity contribution >= 4 is 6.03 Å². The van der Waals surface area contributed by atoms with Crippen molar-refractivity contribution in [1.29, 1.82) is 0 Å². The van der Waals surface area contributed by atoms with Crippen molar-refractivity contribution in [2.24, 2.45) is 11.7 Å². The van der Waals surface area contributed by atoms with Gasteiger partial charge in [-0.2, -0.15) is 0 Å². The van der Waals surface area contributed by atoms with Crippen LogP contribution in [0.3, 0.4) is 0 Å². The number of hydrogen-bond donors (Lipinski definition) is 3. The lowest BCUT2D eigenvalue weighted by atomic mass is 9.84. The molecule has 0 aromatic heterocycles. The van der Waals surface area contributed by atoms with Gasteiger partial charge in [-0.15, -0.1) is 0 Å². The van der Waals surface area contributed by atoms with Gasteiger partial charge in [-0.25, -0.2) is 4.79 Å². The Morgan fingerprint density at radius 2 is 1.79 bits per heavy atom. The Kier molecular flexibility index (Phi) is 2.52. The SMILES string of the molecule is CC1C(NC(N)=O)C(C)(C)NC1(C)C. The van der Waals surface area contributed by atoms with Gasteiger partial charge in [-0.1, -0.05) is 6.92 Å². The molecule has 14 heavy (non-hydrogen) atoms. The van der Waals surface area contributed by atoms with E-state index in [1.807, 2.05) is 0 Å². The van der Waals surface area contributed by atoms with E-state index >= 15 is 0 Å². The minimum absolute atomic E-state index is 0.0244. The molecule has 1 rings (SSSR count).